The average Bonchev–Trinajstić information content (AvgIpc) is 3.00. The first-order valence-electron chi connectivity index (χ1n) is 14.6. The Labute approximate surface area is 275 Å². The topological polar surface area (TPSA) is 86.8 Å². The highest BCUT2D eigenvalue weighted by Crippen LogP contribution is 2.28. The fraction of sp³-hybridized carbons (Fsp3) is 0.257. The van der Waals surface area contributed by atoms with Gasteiger partial charge in [-0.25, -0.2) is 8.42 Å². The van der Waals surface area contributed by atoms with Crippen LogP contribution in [0.15, 0.2) is 102 Å². The van der Waals surface area contributed by atoms with Crippen molar-refractivity contribution in [2.45, 2.75) is 57.6 Å². The van der Waals surface area contributed by atoms with Crippen LogP contribution in [0.3, 0.4) is 0 Å². The summed E-state index contributed by atoms with van der Waals surface area (Å²) < 4.78 is 29.4. The molecule has 0 fully saturated rings. The van der Waals surface area contributed by atoms with E-state index in [2.05, 4.69) is 5.32 Å². The molecular weight excluding hydrogens is 629 g/mol. The Bertz CT molecular complexity index is 1750. The lowest BCUT2D eigenvalue weighted by molar-refractivity contribution is -0.140. The summed E-state index contributed by atoms with van der Waals surface area (Å²) >= 11 is 12.6. The minimum atomic E-state index is -4.23. The van der Waals surface area contributed by atoms with Gasteiger partial charge >= 0.3 is 0 Å². The Morgan fingerprint density at radius 3 is 2.09 bits per heavy atom. The third kappa shape index (κ3) is 8.66. The van der Waals surface area contributed by atoms with Crippen LogP contribution in [0.2, 0.25) is 10.0 Å². The molecule has 1 atom stereocenters. The van der Waals surface area contributed by atoms with Crippen molar-refractivity contribution >= 4 is 50.7 Å². The van der Waals surface area contributed by atoms with Gasteiger partial charge in [-0.15, -0.1) is 0 Å². The van der Waals surface area contributed by atoms with Gasteiger partial charge in [-0.3, -0.25) is 13.9 Å². The largest absolute Gasteiger partial charge is 0.352 e. The number of anilines is 1. The first-order chi connectivity index (χ1) is 21.4. The predicted octanol–water partition coefficient (Wildman–Crippen LogP) is 6.97. The fourth-order valence-electron chi connectivity index (χ4n) is 4.89. The summed E-state index contributed by atoms with van der Waals surface area (Å²) in [5, 5.41) is 3.76. The number of nitrogens with zero attached hydrogens (tertiary/aromatic N) is 2. The zero-order valence-electron chi connectivity index (χ0n) is 25.7. The van der Waals surface area contributed by atoms with E-state index in [0.717, 1.165) is 21.0 Å². The number of halogens is 2. The van der Waals surface area contributed by atoms with Crippen molar-refractivity contribution in [1.82, 2.24) is 10.2 Å². The van der Waals surface area contributed by atoms with Gasteiger partial charge in [0.25, 0.3) is 10.0 Å². The molecule has 0 saturated heterocycles. The molecule has 0 saturated carbocycles. The van der Waals surface area contributed by atoms with Crippen LogP contribution < -0.4 is 9.62 Å². The Balaban J connectivity index is 1.83. The van der Waals surface area contributed by atoms with E-state index >= 15 is 0 Å². The van der Waals surface area contributed by atoms with Crippen LogP contribution in [-0.4, -0.2) is 43.8 Å². The van der Waals surface area contributed by atoms with Crippen molar-refractivity contribution in [3.05, 3.63) is 129 Å². The number of carbonyl (C=O) groups excluding carboxylic acids is 2. The molecule has 0 heterocycles. The van der Waals surface area contributed by atoms with Crippen LogP contribution in [0.1, 0.15) is 36.1 Å². The molecule has 0 radical (unpaired) electrons. The number of benzene rings is 4. The smallest absolute Gasteiger partial charge is 0.264 e. The summed E-state index contributed by atoms with van der Waals surface area (Å²) in [6.07, 6.45) is 0.211. The van der Waals surface area contributed by atoms with Crippen LogP contribution in [-0.2, 0) is 32.6 Å². The molecule has 1 N–H and O–H groups in total. The summed E-state index contributed by atoms with van der Waals surface area (Å²) in [4.78, 5) is 29.7. The van der Waals surface area contributed by atoms with Crippen LogP contribution in [0, 0.1) is 13.8 Å². The van der Waals surface area contributed by atoms with E-state index in [1.165, 1.54) is 29.2 Å². The number of hydrogen-bond donors (Lipinski definition) is 1. The molecule has 0 spiro atoms. The molecule has 1 unspecified atom stereocenters. The second-order valence-corrected chi connectivity index (χ2v) is 13.9. The van der Waals surface area contributed by atoms with Gasteiger partial charge in [0.15, 0.2) is 0 Å². The SMILES string of the molecule is Cc1ccc(N(CC(=O)N(Cc2ccccc2Cl)C(Cc2ccccc2)C(=O)NC(C)C)S(=O)(=O)c2ccc(Cl)cc2)cc1C. The second-order valence-electron chi connectivity index (χ2n) is 11.2. The van der Waals surface area contributed by atoms with Crippen LogP contribution in [0.5, 0.6) is 0 Å². The van der Waals surface area contributed by atoms with Crippen LogP contribution in [0.4, 0.5) is 5.69 Å². The quantitative estimate of drug-likeness (QED) is 0.177. The van der Waals surface area contributed by atoms with E-state index < -0.39 is 28.5 Å². The third-order valence-corrected chi connectivity index (χ3v) is 9.87. The molecule has 0 bridgehead atoms. The number of sulfonamides is 1. The monoisotopic (exact) mass is 665 g/mol. The molecule has 0 aliphatic heterocycles. The lowest BCUT2D eigenvalue weighted by Crippen LogP contribution is -2.54. The molecule has 4 aromatic rings. The molecule has 0 aromatic heterocycles. The lowest BCUT2D eigenvalue weighted by atomic mass is 10.0. The number of rotatable bonds is 12. The summed E-state index contributed by atoms with van der Waals surface area (Å²) in [6, 6.07) is 26.4. The van der Waals surface area contributed by atoms with Gasteiger partial charge in [0, 0.05) is 29.1 Å². The van der Waals surface area contributed by atoms with Gasteiger partial charge in [-0.1, -0.05) is 77.8 Å². The predicted molar refractivity (Wildman–Crippen MR) is 181 cm³/mol. The molecular formula is C35H37Cl2N3O4S. The van der Waals surface area contributed by atoms with E-state index in [-0.39, 0.29) is 29.8 Å². The first kappa shape index (κ1) is 34.0. The maximum absolute atomic E-state index is 14.5. The van der Waals surface area contributed by atoms with E-state index in [4.69, 9.17) is 23.2 Å². The molecule has 2 amide bonds. The molecule has 236 valence electrons. The summed E-state index contributed by atoms with van der Waals surface area (Å²) in [7, 11) is -4.23. The Morgan fingerprint density at radius 2 is 1.47 bits per heavy atom. The zero-order valence-corrected chi connectivity index (χ0v) is 28.0. The molecule has 45 heavy (non-hydrogen) atoms. The van der Waals surface area contributed by atoms with Crippen molar-refractivity contribution in [2.24, 2.45) is 0 Å². The second kappa shape index (κ2) is 15.0. The molecule has 0 aliphatic carbocycles. The summed E-state index contributed by atoms with van der Waals surface area (Å²) in [5.74, 6) is -0.918. The number of aryl methyl sites for hydroxylation is 2. The molecule has 7 nitrogen and oxygen atoms in total. The maximum Gasteiger partial charge on any atom is 0.264 e. The van der Waals surface area contributed by atoms with Gasteiger partial charge in [-0.05, 0) is 92.4 Å². The van der Waals surface area contributed by atoms with Gasteiger partial charge in [0.2, 0.25) is 11.8 Å². The van der Waals surface area contributed by atoms with Crippen molar-refractivity contribution in [3.63, 3.8) is 0 Å². The minimum Gasteiger partial charge on any atom is -0.352 e. The average molecular weight is 667 g/mol. The lowest BCUT2D eigenvalue weighted by Gasteiger charge is -2.34. The molecule has 4 rings (SSSR count). The van der Waals surface area contributed by atoms with Gasteiger partial charge < -0.3 is 10.2 Å². The molecule has 0 aliphatic rings. The van der Waals surface area contributed by atoms with Gasteiger partial charge in [0.05, 0.1) is 10.6 Å². The highest BCUT2D eigenvalue weighted by atomic mass is 35.5. The van der Waals surface area contributed by atoms with Gasteiger partial charge in [-0.2, -0.15) is 0 Å². The number of amides is 2. The number of nitrogens with one attached hydrogen (secondary N) is 1. The van der Waals surface area contributed by atoms with Crippen molar-refractivity contribution in [3.8, 4) is 0 Å². The Morgan fingerprint density at radius 1 is 0.822 bits per heavy atom. The molecule has 10 heteroatoms. The van der Waals surface area contributed by atoms with Crippen molar-refractivity contribution in [2.75, 3.05) is 10.8 Å². The summed E-state index contributed by atoms with van der Waals surface area (Å²) in [6.45, 7) is 6.93. The van der Waals surface area contributed by atoms with Crippen molar-refractivity contribution in [1.29, 1.82) is 0 Å². The normalized spacial score (nSPS) is 12.1. The Kier molecular flexibility index (Phi) is 11.3. The standard InChI is InChI=1S/C35H37Cl2N3O4S/c1-24(2)38-35(42)33(21-27-10-6-5-7-11-27)39(22-28-12-8-9-13-32(28)37)34(41)23-40(30-17-14-25(3)26(4)20-30)45(43,44)31-18-15-29(36)16-19-31/h5-20,24,33H,21-23H2,1-4H3,(H,38,42). The number of carbonyl (C=O) groups is 2. The maximum atomic E-state index is 14.5. The van der Waals surface area contributed by atoms with Gasteiger partial charge in [0.1, 0.15) is 12.6 Å². The summed E-state index contributed by atoms with van der Waals surface area (Å²) in [5.41, 5.74) is 3.63. The van der Waals surface area contributed by atoms with E-state index in [0.29, 0.717) is 21.3 Å². The fourth-order valence-corrected chi connectivity index (χ4v) is 6.62. The first-order valence-corrected chi connectivity index (χ1v) is 16.8. The number of hydrogen-bond acceptors (Lipinski definition) is 4. The zero-order chi connectivity index (χ0) is 32.7. The van der Waals surface area contributed by atoms with Crippen LogP contribution in [0.25, 0.3) is 0 Å². The Hall–Kier alpha value is -3.85. The highest BCUT2D eigenvalue weighted by Gasteiger charge is 2.35. The minimum absolute atomic E-state index is 0.0106. The van der Waals surface area contributed by atoms with Crippen LogP contribution >= 0.6 is 23.2 Å². The van der Waals surface area contributed by atoms with E-state index in [1.54, 1.807) is 36.4 Å². The van der Waals surface area contributed by atoms with E-state index in [9.17, 15) is 18.0 Å². The van der Waals surface area contributed by atoms with E-state index in [1.807, 2.05) is 64.1 Å². The molecule has 4 aromatic carbocycles. The van der Waals surface area contributed by atoms with Crippen molar-refractivity contribution < 1.29 is 18.0 Å². The highest BCUT2D eigenvalue weighted by molar-refractivity contribution is 7.92. The third-order valence-electron chi connectivity index (χ3n) is 7.46.